The number of halogens is 1. The molecule has 0 bridgehead atoms. The third-order valence-electron chi connectivity index (χ3n) is 4.80. The molecule has 1 aromatic carbocycles. The molecule has 1 amide bonds. The molecule has 1 saturated heterocycles. The summed E-state index contributed by atoms with van der Waals surface area (Å²) in [5.74, 6) is 1.36. The van der Waals surface area contributed by atoms with E-state index in [1.54, 1.807) is 12.3 Å². The molecule has 30 heavy (non-hydrogen) atoms. The number of rotatable bonds is 6. The van der Waals surface area contributed by atoms with E-state index in [-0.39, 0.29) is 16.6 Å². The molecule has 1 aliphatic heterocycles. The van der Waals surface area contributed by atoms with E-state index in [2.05, 4.69) is 25.2 Å². The number of benzene rings is 1. The summed E-state index contributed by atoms with van der Waals surface area (Å²) in [6.45, 7) is 2.08. The molecule has 4 rings (SSSR count). The number of carbonyl (C=O) groups is 1. The summed E-state index contributed by atoms with van der Waals surface area (Å²) < 4.78 is 5.74. The van der Waals surface area contributed by atoms with Crippen LogP contribution in [0.25, 0.3) is 0 Å². The average molecular weight is 424 g/mol. The van der Waals surface area contributed by atoms with Crippen molar-refractivity contribution in [2.45, 2.75) is 25.8 Å². The van der Waals surface area contributed by atoms with Crippen LogP contribution in [-0.4, -0.2) is 33.9 Å². The van der Waals surface area contributed by atoms with Gasteiger partial charge in [0.15, 0.2) is 5.69 Å². The van der Waals surface area contributed by atoms with Gasteiger partial charge in [0.25, 0.3) is 5.91 Å². The van der Waals surface area contributed by atoms with Gasteiger partial charge in [-0.05, 0) is 43.0 Å². The van der Waals surface area contributed by atoms with Crippen LogP contribution in [0.4, 0.5) is 5.95 Å². The highest BCUT2D eigenvalue weighted by Crippen LogP contribution is 2.21. The summed E-state index contributed by atoms with van der Waals surface area (Å²) in [5.41, 5.74) is 1.03. The lowest BCUT2D eigenvalue weighted by atomic mass is 10.1. The van der Waals surface area contributed by atoms with Gasteiger partial charge in [-0.2, -0.15) is 0 Å². The van der Waals surface area contributed by atoms with Crippen molar-refractivity contribution in [1.29, 1.82) is 0 Å². The number of nitrogens with one attached hydrogen (secondary N) is 1. The van der Waals surface area contributed by atoms with Crippen molar-refractivity contribution in [1.82, 2.24) is 20.3 Å². The molecule has 0 aliphatic carbocycles. The number of nitrogens with zero attached hydrogens (tertiary/aromatic N) is 4. The molecule has 1 fully saturated rings. The molecular weight excluding hydrogens is 402 g/mol. The molecule has 0 atom stereocenters. The second-order valence-electron chi connectivity index (χ2n) is 7.01. The standard InChI is InChI=1S/C22H22ClN5O2/c23-18-15-26-22(28-11-5-2-6-12-28)27-20(18)21(29)25-14-16-9-10-24-19(13-16)30-17-7-3-1-4-8-17/h1,3-4,7-10,13,15H,2,5-6,11-12,14H2,(H,25,29). The van der Waals surface area contributed by atoms with Gasteiger partial charge in [0.1, 0.15) is 5.75 Å². The number of hydrogen-bond donors (Lipinski definition) is 1. The number of ether oxygens (including phenoxy) is 1. The minimum Gasteiger partial charge on any atom is -0.439 e. The molecule has 3 heterocycles. The molecule has 1 aliphatic rings. The van der Waals surface area contributed by atoms with Gasteiger partial charge in [0.2, 0.25) is 11.8 Å². The van der Waals surface area contributed by atoms with Crippen LogP contribution < -0.4 is 15.0 Å². The van der Waals surface area contributed by atoms with Gasteiger partial charge in [-0.1, -0.05) is 29.8 Å². The van der Waals surface area contributed by atoms with E-state index < -0.39 is 0 Å². The fraction of sp³-hybridized carbons (Fsp3) is 0.273. The summed E-state index contributed by atoms with van der Waals surface area (Å²) in [6, 6.07) is 13.0. The molecule has 1 N–H and O–H groups in total. The molecule has 7 nitrogen and oxygen atoms in total. The van der Waals surface area contributed by atoms with Gasteiger partial charge in [-0.25, -0.2) is 15.0 Å². The quantitative estimate of drug-likeness (QED) is 0.638. The lowest BCUT2D eigenvalue weighted by Crippen LogP contribution is -2.32. The lowest BCUT2D eigenvalue weighted by molar-refractivity contribution is 0.0946. The number of piperidine rings is 1. The zero-order chi connectivity index (χ0) is 20.8. The van der Waals surface area contributed by atoms with Crippen molar-refractivity contribution in [3.05, 3.63) is 71.1 Å². The van der Waals surface area contributed by atoms with Gasteiger partial charge in [-0.15, -0.1) is 0 Å². The fourth-order valence-corrected chi connectivity index (χ4v) is 3.43. The Kier molecular flexibility index (Phi) is 6.39. The van der Waals surface area contributed by atoms with E-state index in [1.165, 1.54) is 12.6 Å². The van der Waals surface area contributed by atoms with E-state index in [1.807, 2.05) is 36.4 Å². The number of pyridine rings is 1. The van der Waals surface area contributed by atoms with Crippen LogP contribution in [0.5, 0.6) is 11.6 Å². The first-order valence-corrected chi connectivity index (χ1v) is 10.3. The van der Waals surface area contributed by atoms with E-state index in [0.29, 0.717) is 24.1 Å². The van der Waals surface area contributed by atoms with Crippen molar-refractivity contribution in [2.24, 2.45) is 0 Å². The largest absolute Gasteiger partial charge is 0.439 e. The SMILES string of the molecule is O=C(NCc1ccnc(Oc2ccccc2)c1)c1nc(N2CCCCC2)ncc1Cl. The van der Waals surface area contributed by atoms with Crippen molar-refractivity contribution in [2.75, 3.05) is 18.0 Å². The molecule has 0 saturated carbocycles. The molecule has 0 radical (unpaired) electrons. The number of hydrogen-bond acceptors (Lipinski definition) is 6. The predicted molar refractivity (Wildman–Crippen MR) is 115 cm³/mol. The van der Waals surface area contributed by atoms with Gasteiger partial charge in [0.05, 0.1) is 11.2 Å². The first-order chi connectivity index (χ1) is 14.7. The maximum atomic E-state index is 12.7. The van der Waals surface area contributed by atoms with Crippen LogP contribution in [0.15, 0.2) is 54.9 Å². The zero-order valence-electron chi connectivity index (χ0n) is 16.4. The average Bonchev–Trinajstić information content (AvgIpc) is 2.79. The third kappa shape index (κ3) is 5.04. The fourth-order valence-electron chi connectivity index (χ4n) is 3.25. The Labute approximate surface area is 180 Å². The Bertz CT molecular complexity index is 1010. The van der Waals surface area contributed by atoms with E-state index in [0.717, 1.165) is 31.5 Å². The summed E-state index contributed by atoms with van der Waals surface area (Å²) in [4.78, 5) is 27.7. The van der Waals surface area contributed by atoms with Crippen LogP contribution in [0.1, 0.15) is 35.3 Å². The molecule has 0 unspecified atom stereocenters. The molecule has 0 spiro atoms. The van der Waals surface area contributed by atoms with Crippen molar-refractivity contribution >= 4 is 23.5 Å². The van der Waals surface area contributed by atoms with Crippen LogP contribution >= 0.6 is 11.6 Å². The van der Waals surface area contributed by atoms with Crippen LogP contribution in [0.2, 0.25) is 5.02 Å². The Morgan fingerprint density at radius 2 is 1.90 bits per heavy atom. The Morgan fingerprint density at radius 3 is 2.70 bits per heavy atom. The minimum absolute atomic E-state index is 0.182. The highest BCUT2D eigenvalue weighted by atomic mass is 35.5. The monoisotopic (exact) mass is 423 g/mol. The second kappa shape index (κ2) is 9.54. The Hall–Kier alpha value is -3.19. The van der Waals surface area contributed by atoms with E-state index in [9.17, 15) is 4.79 Å². The summed E-state index contributed by atoms with van der Waals surface area (Å²) in [5, 5.41) is 3.09. The van der Waals surface area contributed by atoms with Crippen molar-refractivity contribution in [3.8, 4) is 11.6 Å². The van der Waals surface area contributed by atoms with Gasteiger partial charge < -0.3 is 15.0 Å². The van der Waals surface area contributed by atoms with E-state index >= 15 is 0 Å². The first-order valence-electron chi connectivity index (χ1n) is 9.92. The number of para-hydroxylation sites is 1. The Balaban J connectivity index is 1.41. The Morgan fingerprint density at radius 1 is 1.10 bits per heavy atom. The van der Waals surface area contributed by atoms with Crippen molar-refractivity contribution < 1.29 is 9.53 Å². The number of aromatic nitrogens is 3. The lowest BCUT2D eigenvalue weighted by Gasteiger charge is -2.26. The maximum Gasteiger partial charge on any atom is 0.271 e. The smallest absolute Gasteiger partial charge is 0.271 e. The van der Waals surface area contributed by atoms with E-state index in [4.69, 9.17) is 16.3 Å². The molecule has 8 heteroatoms. The molecule has 2 aromatic heterocycles. The number of amides is 1. The van der Waals surface area contributed by atoms with Crippen LogP contribution in [0, 0.1) is 0 Å². The van der Waals surface area contributed by atoms with Crippen LogP contribution in [0.3, 0.4) is 0 Å². The number of anilines is 1. The van der Waals surface area contributed by atoms with Gasteiger partial charge >= 0.3 is 0 Å². The highest BCUT2D eigenvalue weighted by Gasteiger charge is 2.18. The number of carbonyl (C=O) groups excluding carboxylic acids is 1. The summed E-state index contributed by atoms with van der Waals surface area (Å²) in [6.07, 6.45) is 6.54. The third-order valence-corrected chi connectivity index (χ3v) is 5.08. The zero-order valence-corrected chi connectivity index (χ0v) is 17.2. The van der Waals surface area contributed by atoms with Crippen molar-refractivity contribution in [3.63, 3.8) is 0 Å². The molecular formula is C22H22ClN5O2. The first kappa shape index (κ1) is 20.1. The summed E-state index contributed by atoms with van der Waals surface area (Å²) in [7, 11) is 0. The van der Waals surface area contributed by atoms with Gasteiger partial charge in [0, 0.05) is 31.9 Å². The predicted octanol–water partition coefficient (Wildman–Crippen LogP) is 4.24. The molecule has 3 aromatic rings. The highest BCUT2D eigenvalue weighted by molar-refractivity contribution is 6.33. The topological polar surface area (TPSA) is 80.2 Å². The van der Waals surface area contributed by atoms with Gasteiger partial charge in [-0.3, -0.25) is 4.79 Å². The minimum atomic E-state index is -0.344. The second-order valence-corrected chi connectivity index (χ2v) is 7.42. The van der Waals surface area contributed by atoms with Crippen LogP contribution in [-0.2, 0) is 6.54 Å². The molecule has 154 valence electrons. The summed E-state index contributed by atoms with van der Waals surface area (Å²) >= 11 is 6.19. The maximum absolute atomic E-state index is 12.7. The normalized spacial score (nSPS) is 13.7.